The molecule has 2 rings (SSSR count). The number of carbonyl (C=O) groups excluding carboxylic acids is 4. The van der Waals surface area contributed by atoms with Crippen molar-refractivity contribution in [3.05, 3.63) is 35.4 Å². The van der Waals surface area contributed by atoms with E-state index >= 15 is 0 Å². The molecule has 9 nitrogen and oxygen atoms in total. The highest BCUT2D eigenvalue weighted by molar-refractivity contribution is 6.21. The van der Waals surface area contributed by atoms with Crippen molar-refractivity contribution in [1.82, 2.24) is 15.3 Å². The fraction of sp³-hybridized carbons (Fsp3) is 0.524. The lowest BCUT2D eigenvalue weighted by Gasteiger charge is -2.38. The topological polar surface area (TPSA) is 105 Å². The Bertz CT molecular complexity index is 799. The molecule has 164 valence electrons. The number of hydrogen-bond acceptors (Lipinski definition) is 6. The second kappa shape index (κ2) is 9.15. The van der Waals surface area contributed by atoms with E-state index in [1.807, 2.05) is 0 Å². The summed E-state index contributed by atoms with van der Waals surface area (Å²) in [6, 6.07) is 6.61. The summed E-state index contributed by atoms with van der Waals surface area (Å²) in [4.78, 5) is 51.0. The Morgan fingerprint density at radius 2 is 1.50 bits per heavy atom. The summed E-state index contributed by atoms with van der Waals surface area (Å²) in [6.07, 6.45) is -2.16. The summed E-state index contributed by atoms with van der Waals surface area (Å²) in [5, 5.41) is 1.04. The summed E-state index contributed by atoms with van der Waals surface area (Å²) < 4.78 is 10.3. The van der Waals surface area contributed by atoms with Crippen LogP contribution in [0.25, 0.3) is 0 Å². The van der Waals surface area contributed by atoms with E-state index in [0.29, 0.717) is 11.1 Å². The molecule has 0 aliphatic carbocycles. The number of hydrogen-bond donors (Lipinski definition) is 1. The van der Waals surface area contributed by atoms with Crippen LogP contribution in [0, 0.1) is 0 Å². The Morgan fingerprint density at radius 1 is 1.00 bits per heavy atom. The Hall–Kier alpha value is -3.10. The molecule has 4 amide bonds. The van der Waals surface area contributed by atoms with Crippen LogP contribution < -0.4 is 5.43 Å². The van der Waals surface area contributed by atoms with Crippen LogP contribution in [0.1, 0.15) is 68.7 Å². The molecule has 1 aliphatic heterocycles. The fourth-order valence-corrected chi connectivity index (χ4v) is 2.97. The van der Waals surface area contributed by atoms with Crippen molar-refractivity contribution in [3.8, 4) is 0 Å². The van der Waals surface area contributed by atoms with Crippen LogP contribution in [-0.4, -0.2) is 58.2 Å². The number of benzene rings is 1. The number of carbonyl (C=O) groups is 4. The van der Waals surface area contributed by atoms with Crippen LogP contribution >= 0.6 is 0 Å². The lowest BCUT2D eigenvalue weighted by Crippen LogP contribution is -2.58. The van der Waals surface area contributed by atoms with E-state index in [1.165, 1.54) is 0 Å². The van der Waals surface area contributed by atoms with Gasteiger partial charge in [-0.2, -0.15) is 0 Å². The van der Waals surface area contributed by atoms with Gasteiger partial charge in [0.1, 0.15) is 0 Å². The standard InChI is InChI=1S/C21H29N3O6/c1-13(2)29-19(27)22-24(20(28)30-14(3)4)21(5,6)11-12-23-17(25)15-9-7-8-10-16(15)18(23)26/h7-10,13-14H,11-12H2,1-6H3,(H,22,27). The summed E-state index contributed by atoms with van der Waals surface area (Å²) in [5.41, 5.74) is 2.14. The third-order valence-electron chi connectivity index (χ3n) is 4.50. The Kier molecular flexibility index (Phi) is 7.07. The second-order valence-electron chi connectivity index (χ2n) is 8.20. The second-order valence-corrected chi connectivity index (χ2v) is 8.20. The Labute approximate surface area is 176 Å². The largest absolute Gasteiger partial charge is 0.446 e. The monoisotopic (exact) mass is 419 g/mol. The van der Waals surface area contributed by atoms with Crippen LogP contribution in [0.15, 0.2) is 24.3 Å². The molecule has 0 bridgehead atoms. The molecule has 0 spiro atoms. The zero-order chi connectivity index (χ0) is 22.6. The molecule has 1 N–H and O–H groups in total. The minimum atomic E-state index is -0.989. The molecule has 0 saturated carbocycles. The van der Waals surface area contributed by atoms with Crippen LogP contribution in [0.2, 0.25) is 0 Å². The smallest absolute Gasteiger partial charge is 0.429 e. The molecule has 0 fully saturated rings. The van der Waals surface area contributed by atoms with E-state index in [-0.39, 0.29) is 30.9 Å². The molecule has 30 heavy (non-hydrogen) atoms. The van der Waals surface area contributed by atoms with Crippen molar-refractivity contribution in [2.45, 2.75) is 65.7 Å². The van der Waals surface area contributed by atoms with E-state index in [0.717, 1.165) is 9.91 Å². The van der Waals surface area contributed by atoms with Gasteiger partial charge < -0.3 is 9.47 Å². The molecule has 1 aliphatic rings. The molecular formula is C21H29N3O6. The van der Waals surface area contributed by atoms with Gasteiger partial charge in [0, 0.05) is 6.54 Å². The van der Waals surface area contributed by atoms with Gasteiger partial charge in [0.05, 0.1) is 28.9 Å². The number of amides is 4. The first-order valence-corrected chi connectivity index (χ1v) is 9.87. The predicted octanol–water partition coefficient (Wildman–Crippen LogP) is 3.35. The third kappa shape index (κ3) is 5.28. The number of ether oxygens (including phenoxy) is 2. The van der Waals surface area contributed by atoms with E-state index in [2.05, 4.69) is 5.43 Å². The van der Waals surface area contributed by atoms with Gasteiger partial charge in [-0.3, -0.25) is 14.5 Å². The van der Waals surface area contributed by atoms with E-state index < -0.39 is 23.8 Å². The SMILES string of the molecule is CC(C)OC(=O)NN(C(=O)OC(C)C)C(C)(C)CCN1C(=O)c2ccccc2C1=O. The van der Waals surface area contributed by atoms with Gasteiger partial charge in [-0.15, -0.1) is 0 Å². The van der Waals surface area contributed by atoms with Gasteiger partial charge >= 0.3 is 12.2 Å². The molecule has 0 aromatic heterocycles. The van der Waals surface area contributed by atoms with Crippen LogP contribution in [-0.2, 0) is 9.47 Å². The molecular weight excluding hydrogens is 390 g/mol. The Balaban J connectivity index is 2.15. The number of rotatable bonds is 6. The fourth-order valence-electron chi connectivity index (χ4n) is 2.97. The highest BCUT2D eigenvalue weighted by Crippen LogP contribution is 2.25. The highest BCUT2D eigenvalue weighted by Gasteiger charge is 2.39. The number of fused-ring (bicyclic) bond motifs is 1. The summed E-state index contributed by atoms with van der Waals surface area (Å²) in [7, 11) is 0. The van der Waals surface area contributed by atoms with Crippen LogP contribution in [0.5, 0.6) is 0 Å². The summed E-state index contributed by atoms with van der Waals surface area (Å²) >= 11 is 0. The van der Waals surface area contributed by atoms with E-state index in [1.54, 1.807) is 65.8 Å². The average Bonchev–Trinajstić information content (AvgIpc) is 2.87. The number of imide groups is 1. The summed E-state index contributed by atoms with van der Waals surface area (Å²) in [5.74, 6) is -0.759. The maximum Gasteiger partial charge on any atom is 0.429 e. The van der Waals surface area contributed by atoms with Gasteiger partial charge in [-0.1, -0.05) is 12.1 Å². The van der Waals surface area contributed by atoms with Gasteiger partial charge in [0.2, 0.25) is 0 Å². The molecule has 9 heteroatoms. The highest BCUT2D eigenvalue weighted by atomic mass is 16.6. The van der Waals surface area contributed by atoms with Crippen molar-refractivity contribution >= 4 is 24.0 Å². The summed E-state index contributed by atoms with van der Waals surface area (Å²) in [6.45, 7) is 10.2. The van der Waals surface area contributed by atoms with Crippen molar-refractivity contribution < 1.29 is 28.7 Å². The first-order valence-electron chi connectivity index (χ1n) is 9.87. The van der Waals surface area contributed by atoms with E-state index in [9.17, 15) is 19.2 Å². The van der Waals surface area contributed by atoms with E-state index in [4.69, 9.17) is 9.47 Å². The third-order valence-corrected chi connectivity index (χ3v) is 4.50. The van der Waals surface area contributed by atoms with Crippen molar-refractivity contribution in [3.63, 3.8) is 0 Å². The lowest BCUT2D eigenvalue weighted by molar-refractivity contribution is 0.00518. The molecule has 0 atom stereocenters. The minimum Gasteiger partial charge on any atom is -0.446 e. The number of hydrazine groups is 1. The number of nitrogens with one attached hydrogen (secondary N) is 1. The molecule has 1 aromatic rings. The van der Waals surface area contributed by atoms with Gasteiger partial charge in [-0.25, -0.2) is 20.0 Å². The quantitative estimate of drug-likeness (QED) is 0.560. The van der Waals surface area contributed by atoms with Crippen molar-refractivity contribution in [2.24, 2.45) is 0 Å². The van der Waals surface area contributed by atoms with Crippen molar-refractivity contribution in [1.29, 1.82) is 0 Å². The number of nitrogens with zero attached hydrogens (tertiary/aromatic N) is 2. The first-order chi connectivity index (χ1) is 13.9. The maximum atomic E-state index is 12.6. The zero-order valence-electron chi connectivity index (χ0n) is 18.2. The maximum absolute atomic E-state index is 12.6. The van der Waals surface area contributed by atoms with Gasteiger partial charge in [0.15, 0.2) is 0 Å². The minimum absolute atomic E-state index is 0.0612. The van der Waals surface area contributed by atoms with Crippen LogP contribution in [0.4, 0.5) is 9.59 Å². The van der Waals surface area contributed by atoms with Gasteiger partial charge in [-0.05, 0) is 60.1 Å². The van der Waals surface area contributed by atoms with Crippen molar-refractivity contribution in [2.75, 3.05) is 6.54 Å². The predicted molar refractivity (Wildman–Crippen MR) is 109 cm³/mol. The first kappa shape index (κ1) is 23.2. The molecule has 1 heterocycles. The molecule has 0 unspecified atom stereocenters. The average molecular weight is 419 g/mol. The van der Waals surface area contributed by atoms with Gasteiger partial charge in [0.25, 0.3) is 11.8 Å². The molecule has 0 saturated heterocycles. The zero-order valence-corrected chi connectivity index (χ0v) is 18.2. The van der Waals surface area contributed by atoms with Crippen LogP contribution in [0.3, 0.4) is 0 Å². The lowest BCUT2D eigenvalue weighted by atomic mass is 9.99. The normalized spacial score (nSPS) is 13.5. The Morgan fingerprint density at radius 3 is 1.97 bits per heavy atom. The molecule has 1 aromatic carbocycles. The molecule has 0 radical (unpaired) electrons.